The summed E-state index contributed by atoms with van der Waals surface area (Å²) in [4.78, 5) is 50.6. The maximum Gasteiger partial charge on any atom is 0.203 e. The minimum Gasteiger partial charge on any atom is -0.504 e. The van der Waals surface area contributed by atoms with Gasteiger partial charge in [-0.1, -0.05) is 233 Å². The molecule has 7 rings (SSSR count). The van der Waals surface area contributed by atoms with Crippen molar-refractivity contribution < 1.29 is 48.0 Å². The molecule has 1 heterocycles. The van der Waals surface area contributed by atoms with Crippen LogP contribution < -0.4 is 18.9 Å². The first kappa shape index (κ1) is 69.5. The molecule has 0 unspecified atom stereocenters. The lowest BCUT2D eigenvalue weighted by Gasteiger charge is -2.29. The number of phenolic OH excluding ortho intramolecular Hbond substituents is 1. The summed E-state index contributed by atoms with van der Waals surface area (Å²) < 4.78 is 27.4. The molecule has 0 atom stereocenters. The summed E-state index contributed by atoms with van der Waals surface area (Å²) in [7, 11) is 4.60. The molecule has 0 saturated heterocycles. The molecule has 1 aromatic heterocycles. The van der Waals surface area contributed by atoms with Crippen molar-refractivity contribution in [1.82, 2.24) is 15.4 Å². The van der Waals surface area contributed by atoms with E-state index in [2.05, 4.69) is 50.0 Å². The Kier molecular flexibility index (Phi) is 31.7. The molecule has 6 aromatic carbocycles. The van der Waals surface area contributed by atoms with Crippen LogP contribution in [0.1, 0.15) is 191 Å². The SMILES string of the molecule is CCCCC(OC)(C(=O)c1ccccc1)C(=O)c1ccccc1.CCCCCCCCOc1cccc(O)c1OCCCCCCCC.COc1ccc(C(=O)CC(=O)c2ccc(C(C)(C)C)cc2)cc1.COc1cnnnc1-c1ccccc1. The van der Waals surface area contributed by atoms with Crippen molar-refractivity contribution in [3.63, 3.8) is 0 Å². The van der Waals surface area contributed by atoms with Gasteiger partial charge in [0, 0.05) is 34.9 Å². The first-order chi connectivity index (χ1) is 41.2. The van der Waals surface area contributed by atoms with Crippen LogP contribution in [0.4, 0.5) is 0 Å². The lowest BCUT2D eigenvalue weighted by molar-refractivity contribution is 0.00382. The van der Waals surface area contributed by atoms with Crippen LogP contribution in [0.15, 0.2) is 164 Å². The summed E-state index contributed by atoms with van der Waals surface area (Å²) in [5.74, 6) is 1.76. The molecule has 13 heteroatoms. The number of methoxy groups -OCH3 is 3. The first-order valence-electron chi connectivity index (χ1n) is 30.1. The molecule has 0 aliphatic rings. The van der Waals surface area contributed by atoms with E-state index in [-0.39, 0.29) is 40.7 Å². The Bertz CT molecular complexity index is 2950. The summed E-state index contributed by atoms with van der Waals surface area (Å²) in [5, 5.41) is 21.2. The van der Waals surface area contributed by atoms with Gasteiger partial charge in [0.15, 0.2) is 34.4 Å². The van der Waals surface area contributed by atoms with Crippen LogP contribution in [0.2, 0.25) is 0 Å². The Morgan fingerprint density at radius 2 is 0.965 bits per heavy atom. The monoisotopic (exact) mass is 1160 g/mol. The highest BCUT2D eigenvalue weighted by Gasteiger charge is 2.46. The number of ether oxygens (including phenoxy) is 5. The molecular formula is C72H91N3O10. The molecule has 0 aliphatic carbocycles. The van der Waals surface area contributed by atoms with Gasteiger partial charge in [-0.05, 0) is 78.3 Å². The maximum atomic E-state index is 13.1. The third kappa shape index (κ3) is 23.5. The molecule has 0 saturated carbocycles. The number of Topliss-reactive ketones (excluding diaryl/α,β-unsaturated/α-hetero) is 4. The molecule has 1 N–H and O–H groups in total. The zero-order valence-electron chi connectivity index (χ0n) is 51.8. The molecular weight excluding hydrogens is 1070 g/mol. The Morgan fingerprint density at radius 3 is 1.45 bits per heavy atom. The highest BCUT2D eigenvalue weighted by molar-refractivity contribution is 6.22. The number of ketones is 4. The van der Waals surface area contributed by atoms with E-state index in [4.69, 9.17) is 23.7 Å². The van der Waals surface area contributed by atoms with Crippen LogP contribution in [0.5, 0.6) is 28.7 Å². The zero-order valence-corrected chi connectivity index (χ0v) is 51.8. The smallest absolute Gasteiger partial charge is 0.203 e. The van der Waals surface area contributed by atoms with Gasteiger partial charge in [0.2, 0.25) is 17.3 Å². The second-order valence-electron chi connectivity index (χ2n) is 21.7. The molecule has 0 fully saturated rings. The van der Waals surface area contributed by atoms with Crippen molar-refractivity contribution in [2.45, 2.75) is 155 Å². The minimum absolute atomic E-state index is 0.0422. The predicted molar refractivity (Wildman–Crippen MR) is 340 cm³/mol. The molecule has 0 bridgehead atoms. The van der Waals surface area contributed by atoms with E-state index in [9.17, 15) is 24.3 Å². The Balaban J connectivity index is 0.000000247. The normalized spacial score (nSPS) is 10.8. The topological polar surface area (TPSA) is 173 Å². The van der Waals surface area contributed by atoms with Gasteiger partial charge in [0.1, 0.15) is 11.4 Å². The lowest BCUT2D eigenvalue weighted by Crippen LogP contribution is -2.48. The summed E-state index contributed by atoms with van der Waals surface area (Å²) in [6.07, 6.45) is 18.2. The van der Waals surface area contributed by atoms with E-state index in [1.807, 2.05) is 73.7 Å². The number of carbonyl (C=O) groups is 4. The zero-order chi connectivity index (χ0) is 61.7. The van der Waals surface area contributed by atoms with Gasteiger partial charge in [0.05, 0.1) is 40.1 Å². The number of aromatic nitrogens is 3. The predicted octanol–water partition coefficient (Wildman–Crippen LogP) is 17.2. The van der Waals surface area contributed by atoms with Gasteiger partial charge in [-0.3, -0.25) is 19.2 Å². The second kappa shape index (κ2) is 38.8. The fourth-order valence-electron chi connectivity index (χ4n) is 9.06. The van der Waals surface area contributed by atoms with Crippen molar-refractivity contribution in [2.75, 3.05) is 34.5 Å². The lowest BCUT2D eigenvalue weighted by atomic mass is 9.81. The van der Waals surface area contributed by atoms with Crippen LogP contribution in [-0.2, 0) is 10.2 Å². The Labute approximate surface area is 505 Å². The number of unbranched alkanes of at least 4 members (excludes halogenated alkanes) is 11. The van der Waals surface area contributed by atoms with Crippen LogP contribution >= 0.6 is 0 Å². The molecule has 0 spiro atoms. The molecule has 0 aliphatic heterocycles. The number of phenols is 1. The highest BCUT2D eigenvalue weighted by Crippen LogP contribution is 2.37. The van der Waals surface area contributed by atoms with E-state index >= 15 is 0 Å². The standard InChI is InChI=1S/C22H38O3.2C20H22O3.C10H9N3O/c1-3-5-7-9-11-13-18-24-21-17-15-16-20(23)22(21)25-19-14-12-10-8-6-4-2;1-20(2,3)16-9-5-14(6-10-16)18(21)13-19(22)15-7-11-17(23-4)12-8-15;1-3-4-15-20(23-2,18(21)16-11-7-5-8-12-16)19(22)17-13-9-6-10-14-17;1-14-9-7-11-13-12-10(9)8-5-3-2-4-6-8/h15-17,23H,3-14,18-19H2,1-2H3;5-12H,13H2,1-4H3;5-14H,3-4,15H2,1-2H3;2-7H,1H3. The van der Waals surface area contributed by atoms with Gasteiger partial charge < -0.3 is 28.8 Å². The van der Waals surface area contributed by atoms with Crippen molar-refractivity contribution in [1.29, 1.82) is 0 Å². The minimum atomic E-state index is -1.46. The van der Waals surface area contributed by atoms with E-state index < -0.39 is 5.60 Å². The van der Waals surface area contributed by atoms with Crippen LogP contribution in [0.25, 0.3) is 11.3 Å². The van der Waals surface area contributed by atoms with E-state index in [0.717, 1.165) is 36.8 Å². The molecule has 85 heavy (non-hydrogen) atoms. The number of para-hydroxylation sites is 1. The number of benzene rings is 6. The van der Waals surface area contributed by atoms with Crippen molar-refractivity contribution in [3.8, 4) is 40.0 Å². The number of carbonyl (C=O) groups excluding carboxylic acids is 4. The van der Waals surface area contributed by atoms with Crippen molar-refractivity contribution in [2.24, 2.45) is 0 Å². The second-order valence-corrected chi connectivity index (χ2v) is 21.7. The van der Waals surface area contributed by atoms with Crippen LogP contribution in [0.3, 0.4) is 0 Å². The average Bonchev–Trinajstić information content (AvgIpc) is 3.70. The number of hydrogen-bond acceptors (Lipinski definition) is 13. The molecule has 0 radical (unpaired) electrons. The molecule has 7 aromatic rings. The third-order valence-electron chi connectivity index (χ3n) is 14.2. The number of aromatic hydroxyl groups is 1. The first-order valence-corrected chi connectivity index (χ1v) is 30.1. The van der Waals surface area contributed by atoms with E-state index in [0.29, 0.717) is 70.6 Å². The van der Waals surface area contributed by atoms with Crippen molar-refractivity contribution >= 4 is 23.1 Å². The van der Waals surface area contributed by atoms with Crippen LogP contribution in [-0.4, -0.2) is 83.8 Å². The number of hydrogen-bond donors (Lipinski definition) is 1. The van der Waals surface area contributed by atoms with Gasteiger partial charge in [-0.15, -0.1) is 10.2 Å². The molecule has 454 valence electrons. The Morgan fingerprint density at radius 1 is 0.482 bits per heavy atom. The molecule has 13 nitrogen and oxygen atoms in total. The maximum absolute atomic E-state index is 13.1. The summed E-state index contributed by atoms with van der Waals surface area (Å²) in [5.41, 5.74) is 3.51. The summed E-state index contributed by atoms with van der Waals surface area (Å²) in [6.45, 7) is 14.2. The van der Waals surface area contributed by atoms with E-state index in [1.54, 1.807) is 111 Å². The quantitative estimate of drug-likeness (QED) is 0.0247. The van der Waals surface area contributed by atoms with Gasteiger partial charge in [-0.25, -0.2) is 0 Å². The highest BCUT2D eigenvalue weighted by atomic mass is 16.5. The van der Waals surface area contributed by atoms with E-state index in [1.165, 1.54) is 71.3 Å². The summed E-state index contributed by atoms with van der Waals surface area (Å²) in [6, 6.07) is 47.1. The summed E-state index contributed by atoms with van der Waals surface area (Å²) >= 11 is 0. The molecule has 0 amide bonds. The average molecular weight is 1160 g/mol. The van der Waals surface area contributed by atoms with Crippen molar-refractivity contribution in [3.05, 3.63) is 192 Å². The number of rotatable bonds is 31. The fourth-order valence-corrected chi connectivity index (χ4v) is 9.06. The van der Waals surface area contributed by atoms with Gasteiger partial charge in [-0.2, -0.15) is 0 Å². The largest absolute Gasteiger partial charge is 0.504 e. The fraction of sp³-hybridized carbons (Fsp3) is 0.403. The Hall–Kier alpha value is -8.03. The third-order valence-corrected chi connectivity index (χ3v) is 14.2. The van der Waals surface area contributed by atoms with Gasteiger partial charge >= 0.3 is 0 Å². The number of nitrogens with zero attached hydrogens (tertiary/aromatic N) is 3. The van der Waals surface area contributed by atoms with Crippen LogP contribution in [0, 0.1) is 0 Å². The van der Waals surface area contributed by atoms with Gasteiger partial charge in [0.25, 0.3) is 0 Å².